The van der Waals surface area contributed by atoms with Crippen molar-refractivity contribution in [1.82, 2.24) is 9.88 Å². The van der Waals surface area contributed by atoms with Crippen LogP contribution in [0.3, 0.4) is 0 Å². The Balaban J connectivity index is 1.60. The molecule has 1 aliphatic heterocycles. The summed E-state index contributed by atoms with van der Waals surface area (Å²) in [6.45, 7) is 1.56. The first kappa shape index (κ1) is 15.8. The Labute approximate surface area is 146 Å². The number of likely N-dealkylation sites (tertiary alicyclic amines) is 1. The van der Waals surface area contributed by atoms with Crippen molar-refractivity contribution in [1.29, 1.82) is 0 Å². The highest BCUT2D eigenvalue weighted by molar-refractivity contribution is 5.81. The number of nitrogens with two attached hydrogens (primary N) is 1. The van der Waals surface area contributed by atoms with E-state index in [0.717, 1.165) is 48.5 Å². The number of benzene rings is 2. The van der Waals surface area contributed by atoms with Crippen molar-refractivity contribution in [3.8, 4) is 0 Å². The van der Waals surface area contributed by atoms with Crippen LogP contribution < -0.4 is 5.73 Å². The molecule has 2 heterocycles. The zero-order valence-corrected chi connectivity index (χ0v) is 14.0. The quantitative estimate of drug-likeness (QED) is 0.794. The smallest absolute Gasteiger partial charge is 0.239 e. The van der Waals surface area contributed by atoms with Crippen LogP contribution in [0.25, 0.3) is 11.1 Å². The average molecular weight is 335 g/mol. The highest BCUT2D eigenvalue weighted by Crippen LogP contribution is 2.33. The number of aromatic nitrogens is 1. The Morgan fingerprint density at radius 3 is 2.68 bits per heavy atom. The van der Waals surface area contributed by atoms with Crippen LogP contribution in [0.4, 0.5) is 0 Å². The summed E-state index contributed by atoms with van der Waals surface area (Å²) in [4.78, 5) is 18.9. The van der Waals surface area contributed by atoms with Gasteiger partial charge in [0.15, 0.2) is 11.5 Å². The van der Waals surface area contributed by atoms with Crippen LogP contribution in [0.2, 0.25) is 0 Å². The van der Waals surface area contributed by atoms with E-state index in [9.17, 15) is 4.79 Å². The van der Waals surface area contributed by atoms with Crippen LogP contribution in [0.15, 0.2) is 59.0 Å². The fourth-order valence-corrected chi connectivity index (χ4v) is 3.70. The van der Waals surface area contributed by atoms with Crippen molar-refractivity contribution in [3.63, 3.8) is 0 Å². The Morgan fingerprint density at radius 2 is 1.92 bits per heavy atom. The molecule has 0 unspecified atom stereocenters. The molecule has 128 valence electrons. The van der Waals surface area contributed by atoms with Gasteiger partial charge in [0.25, 0.3) is 0 Å². The van der Waals surface area contributed by atoms with E-state index in [1.165, 1.54) is 0 Å². The van der Waals surface area contributed by atoms with Crippen molar-refractivity contribution in [3.05, 3.63) is 66.1 Å². The van der Waals surface area contributed by atoms with Crippen molar-refractivity contribution in [2.75, 3.05) is 13.1 Å². The Hall–Kier alpha value is -2.66. The number of para-hydroxylation sites is 2. The lowest BCUT2D eigenvalue weighted by Crippen LogP contribution is -2.43. The van der Waals surface area contributed by atoms with Gasteiger partial charge >= 0.3 is 0 Å². The predicted octanol–water partition coefficient (Wildman–Crippen LogP) is 3.23. The van der Waals surface area contributed by atoms with Crippen LogP contribution in [0.1, 0.15) is 36.3 Å². The normalized spacial score (nSPS) is 19.8. The molecule has 2 N–H and O–H groups in total. The molecule has 5 nitrogen and oxygen atoms in total. The number of rotatable bonds is 4. The van der Waals surface area contributed by atoms with Gasteiger partial charge < -0.3 is 10.2 Å². The number of amides is 1. The van der Waals surface area contributed by atoms with Crippen LogP contribution in [-0.2, 0) is 4.79 Å². The number of nitrogens with zero attached hydrogens (tertiary/aromatic N) is 2. The monoisotopic (exact) mass is 335 g/mol. The molecule has 0 spiro atoms. The molecule has 1 amide bonds. The lowest BCUT2D eigenvalue weighted by atomic mass is 9.94. The Bertz CT molecular complexity index is 842. The maximum atomic E-state index is 12.1. The van der Waals surface area contributed by atoms with Gasteiger partial charge in [-0.2, -0.15) is 0 Å². The molecular formula is C20H21N3O2. The number of carbonyl (C=O) groups is 1. The maximum absolute atomic E-state index is 12.1. The summed E-state index contributed by atoms with van der Waals surface area (Å²) < 4.78 is 5.95. The van der Waals surface area contributed by atoms with Gasteiger partial charge in [-0.15, -0.1) is 0 Å². The fourth-order valence-electron chi connectivity index (χ4n) is 3.70. The molecule has 0 radical (unpaired) electrons. The van der Waals surface area contributed by atoms with E-state index in [1.807, 2.05) is 54.6 Å². The minimum absolute atomic E-state index is 0.173. The molecule has 5 heteroatoms. The maximum Gasteiger partial charge on any atom is 0.239 e. The van der Waals surface area contributed by atoms with Crippen LogP contribution in [0.5, 0.6) is 0 Å². The molecule has 0 bridgehead atoms. The van der Waals surface area contributed by atoms with Gasteiger partial charge in [-0.1, -0.05) is 42.5 Å². The van der Waals surface area contributed by atoms with Crippen LogP contribution >= 0.6 is 0 Å². The molecule has 0 saturated carbocycles. The first-order valence-corrected chi connectivity index (χ1v) is 8.66. The van der Waals surface area contributed by atoms with Crippen molar-refractivity contribution < 1.29 is 9.21 Å². The highest BCUT2D eigenvalue weighted by atomic mass is 16.3. The minimum atomic E-state index is -0.409. The summed E-state index contributed by atoms with van der Waals surface area (Å²) in [5.41, 5.74) is 8.35. The molecule has 1 fully saturated rings. The van der Waals surface area contributed by atoms with E-state index in [-0.39, 0.29) is 11.8 Å². The second-order valence-electron chi connectivity index (χ2n) is 6.57. The molecule has 1 aliphatic rings. The largest absolute Gasteiger partial charge is 0.440 e. The second-order valence-corrected chi connectivity index (χ2v) is 6.57. The predicted molar refractivity (Wildman–Crippen MR) is 95.9 cm³/mol. The van der Waals surface area contributed by atoms with E-state index < -0.39 is 6.04 Å². The van der Waals surface area contributed by atoms with Crippen molar-refractivity contribution >= 4 is 17.0 Å². The number of oxazole rings is 1. The lowest BCUT2D eigenvalue weighted by molar-refractivity contribution is -0.124. The number of hydrogen-bond donors (Lipinski definition) is 1. The van der Waals surface area contributed by atoms with Gasteiger partial charge in [-0.3, -0.25) is 9.69 Å². The van der Waals surface area contributed by atoms with E-state index in [1.54, 1.807) is 0 Å². The highest BCUT2D eigenvalue weighted by Gasteiger charge is 2.32. The summed E-state index contributed by atoms with van der Waals surface area (Å²) in [5, 5.41) is 0. The first-order chi connectivity index (χ1) is 12.2. The molecule has 2 atom stereocenters. The molecule has 25 heavy (non-hydrogen) atoms. The molecule has 1 saturated heterocycles. The average Bonchev–Trinajstić information content (AvgIpc) is 3.07. The van der Waals surface area contributed by atoms with Gasteiger partial charge in [0.05, 0.1) is 0 Å². The van der Waals surface area contributed by atoms with Gasteiger partial charge in [0.1, 0.15) is 11.6 Å². The number of carbonyl (C=O) groups excluding carboxylic acids is 1. The molecule has 2 aromatic carbocycles. The SMILES string of the molecule is NC(=O)[C@H](c1ccccc1)N1CCC[C@H](c2nc3ccccc3o2)C1. The number of piperidine rings is 1. The van der Waals surface area contributed by atoms with Gasteiger partial charge in [0, 0.05) is 12.5 Å². The molecule has 4 rings (SSSR count). The zero-order chi connectivity index (χ0) is 17.2. The summed E-state index contributed by atoms with van der Waals surface area (Å²) in [5.74, 6) is 0.610. The van der Waals surface area contributed by atoms with E-state index in [0.29, 0.717) is 0 Å². The third-order valence-electron chi connectivity index (χ3n) is 4.86. The van der Waals surface area contributed by atoms with Gasteiger partial charge in [0.2, 0.25) is 5.91 Å². The van der Waals surface area contributed by atoms with Gasteiger partial charge in [-0.25, -0.2) is 4.98 Å². The molecule has 1 aromatic heterocycles. The molecular weight excluding hydrogens is 314 g/mol. The lowest BCUT2D eigenvalue weighted by Gasteiger charge is -2.36. The topological polar surface area (TPSA) is 72.4 Å². The van der Waals surface area contributed by atoms with E-state index in [4.69, 9.17) is 10.2 Å². The van der Waals surface area contributed by atoms with Crippen LogP contribution in [-0.4, -0.2) is 28.9 Å². The summed E-state index contributed by atoms with van der Waals surface area (Å²) in [6.07, 6.45) is 1.99. The van der Waals surface area contributed by atoms with E-state index in [2.05, 4.69) is 9.88 Å². The summed E-state index contributed by atoms with van der Waals surface area (Å²) >= 11 is 0. The summed E-state index contributed by atoms with van der Waals surface area (Å²) in [7, 11) is 0. The number of hydrogen-bond acceptors (Lipinski definition) is 4. The summed E-state index contributed by atoms with van der Waals surface area (Å²) in [6, 6.07) is 17.1. The zero-order valence-electron chi connectivity index (χ0n) is 14.0. The molecule has 3 aromatic rings. The van der Waals surface area contributed by atoms with Crippen molar-refractivity contribution in [2.24, 2.45) is 5.73 Å². The number of primary amides is 1. The third-order valence-corrected chi connectivity index (χ3v) is 4.86. The van der Waals surface area contributed by atoms with Crippen molar-refractivity contribution in [2.45, 2.75) is 24.8 Å². The van der Waals surface area contributed by atoms with Gasteiger partial charge in [-0.05, 0) is 37.1 Å². The Morgan fingerprint density at radius 1 is 1.16 bits per heavy atom. The second kappa shape index (κ2) is 6.69. The standard InChI is InChI=1S/C20H21N3O2/c21-19(24)18(14-7-2-1-3-8-14)23-12-6-9-15(13-23)20-22-16-10-4-5-11-17(16)25-20/h1-5,7-8,10-11,15,18H,6,9,12-13H2,(H2,21,24)/t15-,18-/m0/s1. The van der Waals surface area contributed by atoms with E-state index >= 15 is 0 Å². The van der Waals surface area contributed by atoms with Crippen LogP contribution in [0, 0.1) is 0 Å². The fraction of sp³-hybridized carbons (Fsp3) is 0.300. The first-order valence-electron chi connectivity index (χ1n) is 8.66. The minimum Gasteiger partial charge on any atom is -0.440 e. The third kappa shape index (κ3) is 3.15. The number of fused-ring (bicyclic) bond motifs is 1. The molecule has 0 aliphatic carbocycles. The Kier molecular flexibility index (Phi) is 4.24.